The summed E-state index contributed by atoms with van der Waals surface area (Å²) >= 11 is 12.2. The van der Waals surface area contributed by atoms with Crippen LogP contribution in [0.5, 0.6) is 0 Å². The Morgan fingerprint density at radius 1 is 1.00 bits per heavy atom. The highest BCUT2D eigenvalue weighted by molar-refractivity contribution is 7.92. The van der Waals surface area contributed by atoms with Gasteiger partial charge < -0.3 is 11.1 Å². The minimum Gasteiger partial charge on any atom is -0.368 e. The topological polar surface area (TPSA) is 113 Å². The van der Waals surface area contributed by atoms with E-state index in [0.29, 0.717) is 34.4 Å². The van der Waals surface area contributed by atoms with Crippen LogP contribution in [0, 0.1) is 6.92 Å². The molecule has 1 aliphatic rings. The Hall–Kier alpha value is -3.11. The molecule has 0 unspecified atom stereocenters. The molecule has 0 atom stereocenters. The number of halogens is 2. The Morgan fingerprint density at radius 3 is 2.00 bits per heavy atom. The van der Waals surface area contributed by atoms with E-state index < -0.39 is 21.8 Å². The first-order valence-corrected chi connectivity index (χ1v) is 14.5. The lowest BCUT2D eigenvalue weighted by atomic mass is 9.93. The van der Waals surface area contributed by atoms with Gasteiger partial charge in [0.25, 0.3) is 5.91 Å². The maximum absolute atomic E-state index is 13.0. The number of primary amides is 1. The summed E-state index contributed by atoms with van der Waals surface area (Å²) in [7, 11) is -3.69. The van der Waals surface area contributed by atoms with E-state index in [-0.39, 0.29) is 24.2 Å². The van der Waals surface area contributed by atoms with Crippen molar-refractivity contribution in [3.63, 3.8) is 0 Å². The highest BCUT2D eigenvalue weighted by Crippen LogP contribution is 2.37. The summed E-state index contributed by atoms with van der Waals surface area (Å²) < 4.78 is 27.3. The number of rotatable bonds is 9. The van der Waals surface area contributed by atoms with Crippen LogP contribution < -0.4 is 15.4 Å². The molecule has 3 aromatic rings. The molecule has 8 nitrogen and oxygen atoms in total. The fraction of sp³-hybridized carbons (Fsp3) is 0.259. The van der Waals surface area contributed by atoms with Crippen molar-refractivity contribution < 1.29 is 18.0 Å². The number of hydrogen-bond acceptors (Lipinski definition) is 5. The number of nitrogens with zero attached hydrogens (tertiary/aromatic N) is 2. The maximum atomic E-state index is 13.0. The predicted molar refractivity (Wildman–Crippen MR) is 150 cm³/mol. The van der Waals surface area contributed by atoms with E-state index in [1.165, 1.54) is 10.4 Å². The second-order valence-corrected chi connectivity index (χ2v) is 12.1. The summed E-state index contributed by atoms with van der Waals surface area (Å²) in [4.78, 5) is 25.8. The molecule has 1 fully saturated rings. The lowest BCUT2D eigenvalue weighted by Gasteiger charge is -2.49. The van der Waals surface area contributed by atoms with Crippen LogP contribution in [0.1, 0.15) is 33.1 Å². The predicted octanol–water partition coefficient (Wildman–Crippen LogP) is 3.76. The van der Waals surface area contributed by atoms with Crippen molar-refractivity contribution in [2.45, 2.75) is 19.0 Å². The zero-order valence-electron chi connectivity index (χ0n) is 20.9. The van der Waals surface area contributed by atoms with Crippen LogP contribution in [0.15, 0.2) is 66.7 Å². The zero-order chi connectivity index (χ0) is 27.6. The summed E-state index contributed by atoms with van der Waals surface area (Å²) in [5.41, 5.74) is 8.50. The molecule has 2 amide bonds. The molecule has 200 valence electrons. The van der Waals surface area contributed by atoms with Gasteiger partial charge in [-0.3, -0.25) is 18.8 Å². The van der Waals surface area contributed by atoms with E-state index in [1.807, 2.05) is 48.5 Å². The van der Waals surface area contributed by atoms with Crippen LogP contribution in [-0.2, 0) is 14.8 Å². The fourth-order valence-electron chi connectivity index (χ4n) is 4.72. The quantitative estimate of drug-likeness (QED) is 0.404. The van der Waals surface area contributed by atoms with Gasteiger partial charge in [-0.2, -0.15) is 0 Å². The number of nitrogens with one attached hydrogen (secondary N) is 1. The molecule has 0 bridgehead atoms. The smallest absolute Gasteiger partial charge is 0.251 e. The minimum absolute atomic E-state index is 0.130. The first-order valence-electron chi connectivity index (χ1n) is 11.8. The van der Waals surface area contributed by atoms with E-state index in [2.05, 4.69) is 10.2 Å². The van der Waals surface area contributed by atoms with Gasteiger partial charge in [0.2, 0.25) is 15.9 Å². The van der Waals surface area contributed by atoms with E-state index in [0.717, 1.165) is 17.4 Å². The molecule has 1 aliphatic heterocycles. The first-order chi connectivity index (χ1) is 17.9. The molecule has 0 aliphatic carbocycles. The summed E-state index contributed by atoms with van der Waals surface area (Å²) in [6.07, 6.45) is 1.15. The average molecular weight is 576 g/mol. The van der Waals surface area contributed by atoms with E-state index in [1.54, 1.807) is 19.1 Å². The number of benzene rings is 3. The molecule has 0 spiro atoms. The highest BCUT2D eigenvalue weighted by atomic mass is 35.5. The molecule has 3 N–H and O–H groups in total. The van der Waals surface area contributed by atoms with Gasteiger partial charge in [-0.25, -0.2) is 8.42 Å². The number of aryl methyl sites for hydroxylation is 1. The lowest BCUT2D eigenvalue weighted by Crippen LogP contribution is -2.61. The van der Waals surface area contributed by atoms with Gasteiger partial charge in [-0.05, 0) is 66.1 Å². The zero-order valence-corrected chi connectivity index (χ0v) is 23.2. The molecular formula is C27H28Cl2N4O4S. The van der Waals surface area contributed by atoms with Crippen LogP contribution in [0.3, 0.4) is 0 Å². The van der Waals surface area contributed by atoms with Crippen LogP contribution in [0.2, 0.25) is 10.0 Å². The fourth-order valence-corrected chi connectivity index (χ4v) is 6.13. The Labute approximate surface area is 232 Å². The summed E-state index contributed by atoms with van der Waals surface area (Å²) in [6.45, 7) is 2.38. The second kappa shape index (κ2) is 11.3. The molecule has 11 heteroatoms. The maximum Gasteiger partial charge on any atom is 0.251 e. The van der Waals surface area contributed by atoms with Gasteiger partial charge in [-0.1, -0.05) is 47.5 Å². The number of hydrogen-bond donors (Lipinski definition) is 2. The molecule has 1 saturated heterocycles. The molecule has 0 saturated carbocycles. The van der Waals surface area contributed by atoms with Crippen LogP contribution in [0.25, 0.3) is 0 Å². The van der Waals surface area contributed by atoms with Crippen molar-refractivity contribution in [2.75, 3.05) is 30.2 Å². The number of anilines is 1. The number of nitrogens with two attached hydrogens (primary N) is 1. The molecule has 0 aromatic heterocycles. The standard InChI is InChI=1S/C27H28Cl2N4O4S/c1-17-11-20(27(35)31-14-25(30)34)13-23(12-17)33(38(2,36)37)24-15-32(16-24)26(18-3-7-21(28)8-4-18)19-5-9-22(29)10-6-19/h3-13,24,26H,14-16H2,1-2H3,(H2,30,34)(H,31,35). The Morgan fingerprint density at radius 2 is 1.53 bits per heavy atom. The van der Waals surface area contributed by atoms with Crippen molar-refractivity contribution in [3.8, 4) is 0 Å². The van der Waals surface area contributed by atoms with Crippen LogP contribution in [-0.4, -0.2) is 57.1 Å². The lowest BCUT2D eigenvalue weighted by molar-refractivity contribution is -0.117. The first kappa shape index (κ1) is 27.9. The molecule has 4 rings (SSSR count). The SMILES string of the molecule is Cc1cc(C(=O)NCC(N)=O)cc(N(C2CN(C(c3ccc(Cl)cc3)c3ccc(Cl)cc3)C2)S(C)(=O)=O)c1. The van der Waals surface area contributed by atoms with Crippen molar-refractivity contribution in [3.05, 3.63) is 99.0 Å². The van der Waals surface area contributed by atoms with Crippen molar-refractivity contribution >= 4 is 50.7 Å². The van der Waals surface area contributed by atoms with Gasteiger partial charge >= 0.3 is 0 Å². The van der Waals surface area contributed by atoms with E-state index in [9.17, 15) is 18.0 Å². The molecule has 0 radical (unpaired) electrons. The number of amides is 2. The number of likely N-dealkylation sites (tertiary alicyclic amines) is 1. The molecule has 38 heavy (non-hydrogen) atoms. The second-order valence-electron chi connectivity index (χ2n) is 9.38. The Balaban J connectivity index is 1.62. The summed E-state index contributed by atoms with van der Waals surface area (Å²) in [5.74, 6) is -1.18. The number of carbonyl (C=O) groups excluding carboxylic acids is 2. The van der Waals surface area contributed by atoms with Crippen molar-refractivity contribution in [2.24, 2.45) is 5.73 Å². The average Bonchev–Trinajstić information content (AvgIpc) is 2.82. The van der Waals surface area contributed by atoms with Gasteiger partial charge in [0.1, 0.15) is 0 Å². The monoisotopic (exact) mass is 574 g/mol. The molecular weight excluding hydrogens is 547 g/mol. The minimum atomic E-state index is -3.69. The van der Waals surface area contributed by atoms with Crippen LogP contribution in [0.4, 0.5) is 5.69 Å². The Bertz CT molecular complexity index is 1400. The normalized spacial score (nSPS) is 14.2. The van der Waals surface area contributed by atoms with Gasteiger partial charge in [-0.15, -0.1) is 0 Å². The van der Waals surface area contributed by atoms with Gasteiger partial charge in [0.15, 0.2) is 0 Å². The van der Waals surface area contributed by atoms with Gasteiger partial charge in [0.05, 0.1) is 30.6 Å². The number of sulfonamides is 1. The van der Waals surface area contributed by atoms with Crippen molar-refractivity contribution in [1.82, 2.24) is 10.2 Å². The summed E-state index contributed by atoms with van der Waals surface area (Å²) in [5, 5.41) is 3.70. The van der Waals surface area contributed by atoms with Gasteiger partial charge in [0, 0.05) is 28.7 Å². The van der Waals surface area contributed by atoms with E-state index in [4.69, 9.17) is 28.9 Å². The largest absolute Gasteiger partial charge is 0.368 e. The third-order valence-corrected chi connectivity index (χ3v) is 8.05. The Kier molecular flexibility index (Phi) is 8.32. The van der Waals surface area contributed by atoms with E-state index >= 15 is 0 Å². The van der Waals surface area contributed by atoms with Crippen molar-refractivity contribution in [1.29, 1.82) is 0 Å². The summed E-state index contributed by atoms with van der Waals surface area (Å²) in [6, 6.07) is 19.6. The van der Waals surface area contributed by atoms with Crippen LogP contribution >= 0.6 is 23.2 Å². The third-order valence-electron chi connectivity index (χ3n) is 6.32. The highest BCUT2D eigenvalue weighted by Gasteiger charge is 2.41. The molecule has 1 heterocycles. The number of carbonyl (C=O) groups is 2. The molecule has 3 aromatic carbocycles. The third kappa shape index (κ3) is 6.47.